The van der Waals surface area contributed by atoms with Gasteiger partial charge in [0.15, 0.2) is 5.60 Å². The summed E-state index contributed by atoms with van der Waals surface area (Å²) in [7, 11) is 0. The molecule has 2 aromatic carbocycles. The molecule has 2 aromatic rings. The maximum absolute atomic E-state index is 12.6. The molecule has 140 valence electrons. The summed E-state index contributed by atoms with van der Waals surface area (Å²) in [6.45, 7) is 4.71. The lowest BCUT2D eigenvalue weighted by atomic mass is 9.80. The van der Waals surface area contributed by atoms with E-state index >= 15 is 0 Å². The molecule has 0 aromatic heterocycles. The number of fused-ring (bicyclic) bond motifs is 2. The minimum Gasteiger partial charge on any atom is -0.487 e. The quantitative estimate of drug-likeness (QED) is 0.604. The van der Waals surface area contributed by atoms with E-state index in [4.69, 9.17) is 9.47 Å². The summed E-state index contributed by atoms with van der Waals surface area (Å²) in [5.41, 5.74) is 0.506. The number of nitro benzene ring substituents is 1. The molecule has 0 saturated carbocycles. The summed E-state index contributed by atoms with van der Waals surface area (Å²) >= 11 is 0. The lowest BCUT2D eigenvalue weighted by Gasteiger charge is -2.42. The monoisotopic (exact) mass is 368 g/mol. The number of nitro groups is 1. The molecular weight excluding hydrogens is 348 g/mol. The van der Waals surface area contributed by atoms with E-state index in [1.54, 1.807) is 17.0 Å². The summed E-state index contributed by atoms with van der Waals surface area (Å²) in [6, 6.07) is 13.9. The molecule has 1 amide bonds. The zero-order valence-electron chi connectivity index (χ0n) is 15.2. The number of amides is 1. The first-order valence-electron chi connectivity index (χ1n) is 8.78. The molecule has 1 atom stereocenters. The second kappa shape index (κ2) is 5.97. The smallest absolute Gasteiger partial charge is 0.411 e. The number of rotatable bonds is 3. The third-order valence-corrected chi connectivity index (χ3v) is 4.98. The van der Waals surface area contributed by atoms with Crippen LogP contribution in [0.5, 0.6) is 5.75 Å². The Morgan fingerprint density at radius 2 is 1.81 bits per heavy atom. The number of carbonyl (C=O) groups excluding carboxylic acids is 1. The Morgan fingerprint density at radius 1 is 1.11 bits per heavy atom. The van der Waals surface area contributed by atoms with Crippen molar-refractivity contribution in [3.8, 4) is 5.75 Å². The van der Waals surface area contributed by atoms with Crippen molar-refractivity contribution >= 4 is 11.8 Å². The molecule has 7 heteroatoms. The van der Waals surface area contributed by atoms with Gasteiger partial charge in [-0.05, 0) is 25.5 Å². The molecule has 4 rings (SSSR count). The van der Waals surface area contributed by atoms with E-state index in [0.717, 1.165) is 16.9 Å². The van der Waals surface area contributed by atoms with Crippen molar-refractivity contribution in [3.63, 3.8) is 0 Å². The van der Waals surface area contributed by atoms with Crippen LogP contribution in [0.15, 0.2) is 48.5 Å². The molecule has 1 saturated heterocycles. The van der Waals surface area contributed by atoms with Crippen molar-refractivity contribution in [1.29, 1.82) is 0 Å². The molecule has 0 aliphatic carbocycles. The van der Waals surface area contributed by atoms with Crippen LogP contribution in [0.1, 0.15) is 31.4 Å². The average Bonchev–Trinajstić information content (AvgIpc) is 2.90. The van der Waals surface area contributed by atoms with Gasteiger partial charge in [0, 0.05) is 30.7 Å². The Kier molecular flexibility index (Phi) is 3.83. The van der Waals surface area contributed by atoms with Crippen LogP contribution >= 0.6 is 0 Å². The predicted octanol–water partition coefficient (Wildman–Crippen LogP) is 4.00. The summed E-state index contributed by atoms with van der Waals surface area (Å²) < 4.78 is 12.0. The summed E-state index contributed by atoms with van der Waals surface area (Å²) in [5.74, 6) is 0.735. The lowest BCUT2D eigenvalue weighted by Crippen LogP contribution is -2.46. The molecular formula is C20H20N2O5. The Bertz CT molecular complexity index is 909. The first kappa shape index (κ1) is 17.3. The zero-order valence-corrected chi connectivity index (χ0v) is 15.2. The van der Waals surface area contributed by atoms with Crippen LogP contribution in [0.4, 0.5) is 10.5 Å². The molecule has 0 N–H and O–H groups in total. The maximum Gasteiger partial charge on any atom is 0.411 e. The molecule has 0 bridgehead atoms. The van der Waals surface area contributed by atoms with Gasteiger partial charge in [-0.1, -0.05) is 30.3 Å². The van der Waals surface area contributed by atoms with Gasteiger partial charge in [0.1, 0.15) is 11.4 Å². The predicted molar refractivity (Wildman–Crippen MR) is 97.4 cm³/mol. The molecule has 1 fully saturated rings. The van der Waals surface area contributed by atoms with Crippen molar-refractivity contribution in [2.75, 3.05) is 6.54 Å². The highest BCUT2D eigenvalue weighted by atomic mass is 16.6. The lowest BCUT2D eigenvalue weighted by molar-refractivity contribution is -0.384. The van der Waals surface area contributed by atoms with Crippen LogP contribution in [0.3, 0.4) is 0 Å². The first-order chi connectivity index (χ1) is 12.8. The van der Waals surface area contributed by atoms with Crippen molar-refractivity contribution < 1.29 is 19.2 Å². The Hall–Kier alpha value is -3.09. The number of benzene rings is 2. The van der Waals surface area contributed by atoms with Crippen LogP contribution in [-0.4, -0.2) is 28.1 Å². The second-order valence-electron chi connectivity index (χ2n) is 7.68. The van der Waals surface area contributed by atoms with Gasteiger partial charge >= 0.3 is 6.09 Å². The van der Waals surface area contributed by atoms with Crippen LogP contribution in [0.25, 0.3) is 0 Å². The molecule has 2 aliphatic rings. The second-order valence-corrected chi connectivity index (χ2v) is 7.68. The van der Waals surface area contributed by atoms with Gasteiger partial charge in [-0.15, -0.1) is 0 Å². The van der Waals surface area contributed by atoms with Crippen LogP contribution in [0, 0.1) is 10.1 Å². The molecule has 7 nitrogen and oxygen atoms in total. The van der Waals surface area contributed by atoms with E-state index in [2.05, 4.69) is 0 Å². The minimum absolute atomic E-state index is 0.0272. The Morgan fingerprint density at radius 3 is 2.52 bits per heavy atom. The highest BCUT2D eigenvalue weighted by molar-refractivity contribution is 5.72. The number of hydrogen-bond acceptors (Lipinski definition) is 5. The fourth-order valence-electron chi connectivity index (χ4n) is 3.98. The van der Waals surface area contributed by atoms with Gasteiger partial charge in [-0.3, -0.25) is 15.0 Å². The number of ether oxygens (including phenoxy) is 2. The summed E-state index contributed by atoms with van der Waals surface area (Å²) in [4.78, 5) is 24.6. The standard InChI is InChI=1S/C20H20N2O5/c1-19(2)12-20(16-5-3-4-6-17(16)26-19)13-21(18(23)27-20)11-14-7-9-15(10-8-14)22(24)25/h3-10H,11-13H2,1-2H3. The normalized spacial score (nSPS) is 22.9. The minimum atomic E-state index is -0.754. The number of para-hydroxylation sites is 1. The summed E-state index contributed by atoms with van der Waals surface area (Å²) in [5, 5.41) is 10.8. The number of nitrogens with zero attached hydrogens (tertiary/aromatic N) is 2. The van der Waals surface area contributed by atoms with E-state index in [0.29, 0.717) is 19.5 Å². The average molecular weight is 368 g/mol. The highest BCUT2D eigenvalue weighted by Gasteiger charge is 2.54. The van der Waals surface area contributed by atoms with Crippen molar-refractivity contribution in [2.45, 2.75) is 38.0 Å². The largest absolute Gasteiger partial charge is 0.487 e. The number of non-ortho nitro benzene ring substituents is 1. The Labute approximate surface area is 156 Å². The fourth-order valence-corrected chi connectivity index (χ4v) is 3.98. The third kappa shape index (κ3) is 3.09. The SMILES string of the molecule is CC1(C)CC2(CN(Cc3ccc([N+](=O)[O-])cc3)C(=O)O2)c2ccccc2O1. The fraction of sp³-hybridized carbons (Fsp3) is 0.350. The van der Waals surface area contributed by atoms with Gasteiger partial charge in [0.25, 0.3) is 5.69 Å². The van der Waals surface area contributed by atoms with Crippen molar-refractivity contribution in [3.05, 3.63) is 69.8 Å². The van der Waals surface area contributed by atoms with Crippen molar-refractivity contribution in [2.24, 2.45) is 0 Å². The molecule has 1 spiro atoms. The van der Waals surface area contributed by atoms with Gasteiger partial charge in [0.2, 0.25) is 0 Å². The molecule has 27 heavy (non-hydrogen) atoms. The molecule has 2 aliphatic heterocycles. The highest BCUT2D eigenvalue weighted by Crippen LogP contribution is 2.48. The topological polar surface area (TPSA) is 81.9 Å². The van der Waals surface area contributed by atoms with Crippen LogP contribution in [-0.2, 0) is 16.9 Å². The van der Waals surface area contributed by atoms with E-state index in [-0.39, 0.29) is 11.8 Å². The summed E-state index contributed by atoms with van der Waals surface area (Å²) in [6.07, 6.45) is 0.167. The van der Waals surface area contributed by atoms with Gasteiger partial charge in [-0.2, -0.15) is 0 Å². The first-order valence-corrected chi connectivity index (χ1v) is 8.78. The van der Waals surface area contributed by atoms with Gasteiger partial charge < -0.3 is 9.47 Å². The zero-order chi connectivity index (χ0) is 19.2. The van der Waals surface area contributed by atoms with E-state index in [9.17, 15) is 14.9 Å². The van der Waals surface area contributed by atoms with Gasteiger partial charge in [-0.25, -0.2) is 4.79 Å². The van der Waals surface area contributed by atoms with E-state index < -0.39 is 16.1 Å². The number of carbonyl (C=O) groups is 1. The Balaban J connectivity index is 1.61. The molecule has 0 radical (unpaired) electrons. The molecule has 1 unspecified atom stereocenters. The number of hydrogen-bond donors (Lipinski definition) is 0. The van der Waals surface area contributed by atoms with E-state index in [1.807, 2.05) is 38.1 Å². The maximum atomic E-state index is 12.6. The van der Waals surface area contributed by atoms with E-state index in [1.165, 1.54) is 12.1 Å². The van der Waals surface area contributed by atoms with Crippen LogP contribution in [0.2, 0.25) is 0 Å². The third-order valence-electron chi connectivity index (χ3n) is 4.98. The van der Waals surface area contributed by atoms with Crippen molar-refractivity contribution in [1.82, 2.24) is 4.90 Å². The molecule has 2 heterocycles. The van der Waals surface area contributed by atoms with Gasteiger partial charge in [0.05, 0.1) is 11.5 Å². The van der Waals surface area contributed by atoms with Crippen LogP contribution < -0.4 is 4.74 Å².